The van der Waals surface area contributed by atoms with Gasteiger partial charge in [-0.2, -0.15) is 0 Å². The maximum atomic E-state index is 14.4. The van der Waals surface area contributed by atoms with E-state index in [0.717, 1.165) is 17.7 Å². The number of nitrogens with one attached hydrogen (secondary N) is 1. The molecule has 0 saturated carbocycles. The zero-order valence-electron chi connectivity index (χ0n) is 36.3. The lowest BCUT2D eigenvalue weighted by molar-refractivity contribution is -0.294. The van der Waals surface area contributed by atoms with Gasteiger partial charge in [0.2, 0.25) is 0 Å². The van der Waals surface area contributed by atoms with Crippen molar-refractivity contribution in [1.29, 1.82) is 0 Å². The Balaban J connectivity index is 1.20. The Morgan fingerprint density at radius 3 is 2.47 bits per heavy atom. The Morgan fingerprint density at radius 1 is 1.03 bits per heavy atom. The molecule has 1 amide bonds. The van der Waals surface area contributed by atoms with Crippen molar-refractivity contribution >= 4 is 23.5 Å². The van der Waals surface area contributed by atoms with Crippen molar-refractivity contribution in [2.75, 3.05) is 25.9 Å². The molecule has 3 saturated heterocycles. The summed E-state index contributed by atoms with van der Waals surface area (Å²) in [5, 5.41) is 23.9. The van der Waals surface area contributed by atoms with Crippen LogP contribution >= 0.6 is 0 Å². The number of anilines is 1. The van der Waals surface area contributed by atoms with Gasteiger partial charge in [0.15, 0.2) is 18.2 Å². The normalized spacial score (nSPS) is 34.7. The van der Waals surface area contributed by atoms with Crippen molar-refractivity contribution < 1.29 is 43.2 Å². The first-order valence-corrected chi connectivity index (χ1v) is 21.5. The van der Waals surface area contributed by atoms with Crippen LogP contribution in [0, 0.1) is 17.8 Å². The third-order valence-corrected chi connectivity index (χ3v) is 12.7. The maximum Gasteiger partial charge on any atom is 0.410 e. The molecule has 13 atom stereocenters. The standard InChI is InChI=1S/C44H65N7O9/c1-9-35-39-36(51(43(55)59-39)20-13-12-19-50-25-33(47-48-50)31-15-14-16-32(45)22-31)30(6)46-24-26(2)23-44(7,56-8)40(28(4)37(52)29(5)41(54)58-35)60-42-38(53)34(21-27(3)57-42)49-17-10-11-18-49/h10-11,14-18,22,25-30,34-36,38-40,42,46,53H,9,12-13,19-21,23-24,45H2,1-8H3/t26-,27?,28+,29-,30-,34?,35-,36-,38?,39-,40-,42+,44-/m1/s1. The van der Waals surface area contributed by atoms with Crippen LogP contribution in [0.15, 0.2) is 55.0 Å². The summed E-state index contributed by atoms with van der Waals surface area (Å²) in [5.41, 5.74) is 7.17. The summed E-state index contributed by atoms with van der Waals surface area (Å²) in [6.07, 6.45) is 3.14. The number of methoxy groups -OCH3 is 1. The molecule has 0 radical (unpaired) electrons. The zero-order chi connectivity index (χ0) is 43.3. The molecule has 16 nitrogen and oxygen atoms in total. The number of aryl methyl sites for hydroxylation is 1. The second kappa shape index (κ2) is 19.6. The number of carbonyl (C=O) groups excluding carboxylic acids is 3. The van der Waals surface area contributed by atoms with E-state index in [2.05, 4.69) is 22.6 Å². The van der Waals surface area contributed by atoms with E-state index in [0.29, 0.717) is 51.0 Å². The number of aliphatic hydroxyl groups is 1. The molecule has 330 valence electrons. The first-order valence-electron chi connectivity index (χ1n) is 21.5. The highest BCUT2D eigenvalue weighted by atomic mass is 16.7. The number of nitrogen functional groups attached to an aromatic ring is 1. The average Bonchev–Trinajstić information content (AvgIpc) is 4.01. The Labute approximate surface area is 353 Å². The van der Waals surface area contributed by atoms with Crippen molar-refractivity contribution in [2.24, 2.45) is 17.8 Å². The van der Waals surface area contributed by atoms with E-state index >= 15 is 0 Å². The SMILES string of the molecule is CC[C@H]1OC(=O)[C@H](C)C(=O)[C@H](C)[C@@H](O[C@@H]2OC(C)CC(n3cccc3)C2O)[C@](C)(OC)C[C@@H](C)CN[C@H](C)[C@@H]2[C@@H]1OC(=O)N2CCCCn1cc(-c2cccc(N)c2)nn1. The van der Waals surface area contributed by atoms with Crippen LogP contribution in [-0.2, 0) is 39.8 Å². The third kappa shape index (κ3) is 10.0. The number of nitrogens with two attached hydrogens (primary N) is 1. The molecule has 3 aliphatic rings. The number of carbonyl (C=O) groups is 3. The van der Waals surface area contributed by atoms with Crippen LogP contribution in [0.3, 0.4) is 0 Å². The van der Waals surface area contributed by atoms with Crippen molar-refractivity contribution in [3.05, 3.63) is 55.0 Å². The number of fused-ring (bicyclic) bond motifs is 1. The number of esters is 1. The number of rotatable bonds is 11. The summed E-state index contributed by atoms with van der Waals surface area (Å²) in [4.78, 5) is 43.7. The number of ether oxygens (including phenoxy) is 5. The van der Waals surface area contributed by atoms with Crippen LogP contribution in [0.25, 0.3) is 11.3 Å². The van der Waals surface area contributed by atoms with Crippen molar-refractivity contribution in [2.45, 2.75) is 148 Å². The highest BCUT2D eigenvalue weighted by Crippen LogP contribution is 2.38. The van der Waals surface area contributed by atoms with Gasteiger partial charge in [-0.1, -0.05) is 38.1 Å². The number of cyclic esters (lactones) is 1. The monoisotopic (exact) mass is 835 g/mol. The van der Waals surface area contributed by atoms with E-state index in [1.54, 1.807) is 23.6 Å². The minimum Gasteiger partial charge on any atom is -0.458 e. The van der Waals surface area contributed by atoms with Crippen molar-refractivity contribution in [1.82, 2.24) is 29.8 Å². The first kappa shape index (κ1) is 45.2. The van der Waals surface area contributed by atoms with Crippen LogP contribution in [0.2, 0.25) is 0 Å². The summed E-state index contributed by atoms with van der Waals surface area (Å²) >= 11 is 0. The number of hydrogen-bond donors (Lipinski definition) is 3. The van der Waals surface area contributed by atoms with E-state index in [9.17, 15) is 19.5 Å². The average molecular weight is 836 g/mol. The predicted octanol–water partition coefficient (Wildman–Crippen LogP) is 5.01. The number of benzene rings is 1. The second-order valence-corrected chi connectivity index (χ2v) is 17.3. The molecule has 0 aliphatic carbocycles. The molecule has 60 heavy (non-hydrogen) atoms. The fourth-order valence-corrected chi connectivity index (χ4v) is 9.26. The van der Waals surface area contributed by atoms with Gasteiger partial charge in [-0.25, -0.2) is 4.79 Å². The van der Waals surface area contributed by atoms with Gasteiger partial charge in [0, 0.05) is 55.8 Å². The largest absolute Gasteiger partial charge is 0.458 e. The minimum absolute atomic E-state index is 0.0122. The van der Waals surface area contributed by atoms with Gasteiger partial charge in [-0.15, -0.1) is 5.10 Å². The van der Waals surface area contributed by atoms with Gasteiger partial charge in [-0.3, -0.25) is 19.2 Å². The van der Waals surface area contributed by atoms with Gasteiger partial charge in [0.1, 0.15) is 23.8 Å². The van der Waals surface area contributed by atoms with Crippen molar-refractivity contribution in [3.8, 4) is 11.3 Å². The number of hydrogen-bond acceptors (Lipinski definition) is 13. The summed E-state index contributed by atoms with van der Waals surface area (Å²) in [6, 6.07) is 10.3. The number of nitrogens with zero attached hydrogens (tertiary/aromatic N) is 5. The van der Waals surface area contributed by atoms with Crippen LogP contribution in [0.4, 0.5) is 10.5 Å². The fourth-order valence-electron chi connectivity index (χ4n) is 9.26. The molecular formula is C44H65N7O9. The molecule has 2 aromatic heterocycles. The van der Waals surface area contributed by atoms with E-state index in [1.165, 1.54) is 6.92 Å². The quantitative estimate of drug-likeness (QED) is 0.101. The van der Waals surface area contributed by atoms with Gasteiger partial charge >= 0.3 is 12.1 Å². The highest BCUT2D eigenvalue weighted by molar-refractivity contribution is 6.00. The fraction of sp³-hybridized carbons (Fsp3) is 0.659. The topological polar surface area (TPSA) is 195 Å². The molecule has 0 spiro atoms. The Bertz CT molecular complexity index is 1890. The molecule has 6 rings (SSSR count). The second-order valence-electron chi connectivity index (χ2n) is 17.3. The lowest BCUT2D eigenvalue weighted by atomic mass is 9.78. The smallest absolute Gasteiger partial charge is 0.410 e. The van der Waals surface area contributed by atoms with E-state index < -0.39 is 72.0 Å². The van der Waals surface area contributed by atoms with Crippen LogP contribution in [-0.4, -0.2) is 122 Å². The van der Waals surface area contributed by atoms with Crippen LogP contribution < -0.4 is 11.1 Å². The molecule has 4 N–H and O–H groups in total. The first-order chi connectivity index (χ1) is 28.6. The van der Waals surface area contributed by atoms with E-state index in [-0.39, 0.29) is 24.1 Å². The number of amides is 1. The van der Waals surface area contributed by atoms with Crippen LogP contribution in [0.1, 0.15) is 86.6 Å². The Kier molecular flexibility index (Phi) is 14.7. The van der Waals surface area contributed by atoms with E-state index in [4.69, 9.17) is 29.4 Å². The molecule has 3 aromatic rings. The summed E-state index contributed by atoms with van der Waals surface area (Å²) < 4.78 is 35.1. The Hall–Kier alpha value is -4.35. The molecular weight excluding hydrogens is 771 g/mol. The summed E-state index contributed by atoms with van der Waals surface area (Å²) in [7, 11) is 1.59. The molecule has 3 fully saturated rings. The predicted molar refractivity (Wildman–Crippen MR) is 223 cm³/mol. The maximum absolute atomic E-state index is 14.4. The molecule has 0 bridgehead atoms. The lowest BCUT2D eigenvalue weighted by Crippen LogP contribution is -2.56. The molecule has 3 aliphatic heterocycles. The molecule has 1 aromatic carbocycles. The number of unbranched alkanes of at least 4 members (excludes halogenated alkanes) is 1. The molecule has 3 unspecified atom stereocenters. The molecule has 5 heterocycles. The van der Waals surface area contributed by atoms with Crippen LogP contribution in [0.5, 0.6) is 0 Å². The highest BCUT2D eigenvalue weighted by Gasteiger charge is 2.52. The van der Waals surface area contributed by atoms with Gasteiger partial charge < -0.3 is 44.4 Å². The number of ketones is 1. The number of aliphatic hydroxyl groups excluding tert-OH is 1. The Morgan fingerprint density at radius 2 is 1.77 bits per heavy atom. The van der Waals surface area contributed by atoms with Gasteiger partial charge in [0.25, 0.3) is 0 Å². The van der Waals surface area contributed by atoms with Crippen molar-refractivity contribution in [3.63, 3.8) is 0 Å². The lowest BCUT2D eigenvalue weighted by Gasteiger charge is -2.46. The summed E-state index contributed by atoms with van der Waals surface area (Å²) in [6.45, 7) is 14.6. The zero-order valence-corrected chi connectivity index (χ0v) is 36.3. The number of aromatic nitrogens is 4. The third-order valence-electron chi connectivity index (χ3n) is 12.7. The number of Topliss-reactive ketones (excluding diaryl/α,β-unsaturated/α-hetero) is 1. The van der Waals surface area contributed by atoms with Gasteiger partial charge in [0.05, 0.1) is 36.1 Å². The van der Waals surface area contributed by atoms with E-state index in [1.807, 2.05) is 87.3 Å². The summed E-state index contributed by atoms with van der Waals surface area (Å²) in [5.74, 6) is -3.16. The minimum atomic E-state index is -1.17. The van der Waals surface area contributed by atoms with Gasteiger partial charge in [-0.05, 0) is 96.5 Å². The molecule has 16 heteroatoms.